The number of hydrazine groups is 1. The molecule has 5 unspecified atom stereocenters. The molecule has 2 aromatic carbocycles. The quantitative estimate of drug-likeness (QED) is 0.612. The van der Waals surface area contributed by atoms with E-state index in [1.54, 1.807) is 7.11 Å². The highest BCUT2D eigenvalue weighted by molar-refractivity contribution is 6.09. The molecular formula is C25H29N3O3. The Labute approximate surface area is 182 Å². The van der Waals surface area contributed by atoms with Crippen molar-refractivity contribution in [3.63, 3.8) is 0 Å². The smallest absolute Gasteiger partial charge is 0.235 e. The predicted molar refractivity (Wildman–Crippen MR) is 117 cm³/mol. The molecule has 2 aromatic rings. The fourth-order valence-corrected chi connectivity index (χ4v) is 6.59. The zero-order chi connectivity index (χ0) is 21.2. The minimum atomic E-state index is -0.359. The summed E-state index contributed by atoms with van der Waals surface area (Å²) in [6.07, 6.45) is 4.32. The molecule has 31 heavy (non-hydrogen) atoms. The lowest BCUT2D eigenvalue weighted by atomic mass is 9.72. The zero-order valence-electron chi connectivity index (χ0n) is 17.7. The lowest BCUT2D eigenvalue weighted by Gasteiger charge is -2.34. The number of benzene rings is 2. The third-order valence-corrected chi connectivity index (χ3v) is 8.23. The maximum absolute atomic E-state index is 13.0. The van der Waals surface area contributed by atoms with Gasteiger partial charge >= 0.3 is 0 Å². The molecule has 2 saturated carbocycles. The number of hydrogen-bond acceptors (Lipinski definition) is 5. The number of methoxy groups -OCH3 is 1. The van der Waals surface area contributed by atoms with Crippen molar-refractivity contribution in [1.29, 1.82) is 0 Å². The molecule has 2 aliphatic heterocycles. The molecule has 6 rings (SSSR count). The number of anilines is 1. The minimum Gasteiger partial charge on any atom is -0.497 e. The number of amides is 1. The largest absolute Gasteiger partial charge is 0.497 e. The molecule has 1 spiro atoms. The number of aliphatic hydroxyl groups excluding tert-OH is 1. The van der Waals surface area contributed by atoms with Crippen LogP contribution in [-0.4, -0.2) is 24.2 Å². The van der Waals surface area contributed by atoms with E-state index in [0.29, 0.717) is 23.8 Å². The Hall–Kier alpha value is -2.41. The van der Waals surface area contributed by atoms with Crippen LogP contribution >= 0.6 is 0 Å². The van der Waals surface area contributed by atoms with Gasteiger partial charge in [0.05, 0.1) is 25.2 Å². The Morgan fingerprint density at radius 3 is 2.90 bits per heavy atom. The van der Waals surface area contributed by atoms with Gasteiger partial charge in [-0.3, -0.25) is 10.2 Å². The summed E-state index contributed by atoms with van der Waals surface area (Å²) in [5.74, 6) is 2.46. The van der Waals surface area contributed by atoms with Gasteiger partial charge in [-0.1, -0.05) is 24.3 Å². The normalized spacial score (nSPS) is 35.5. The molecule has 0 bridgehead atoms. The molecule has 4 aliphatic rings. The molecule has 2 heterocycles. The molecule has 2 aliphatic carbocycles. The summed E-state index contributed by atoms with van der Waals surface area (Å²) in [6, 6.07) is 14.9. The Kier molecular flexibility index (Phi) is 4.39. The number of ether oxygens (including phenoxy) is 1. The third kappa shape index (κ3) is 2.85. The van der Waals surface area contributed by atoms with Crippen molar-refractivity contribution in [2.75, 3.05) is 12.4 Å². The molecule has 0 radical (unpaired) electrons. The van der Waals surface area contributed by atoms with Gasteiger partial charge in [-0.15, -0.1) is 0 Å². The van der Waals surface area contributed by atoms with E-state index in [9.17, 15) is 9.90 Å². The van der Waals surface area contributed by atoms with Crippen LogP contribution in [0.25, 0.3) is 0 Å². The van der Waals surface area contributed by atoms with Crippen LogP contribution in [0.4, 0.5) is 5.69 Å². The van der Waals surface area contributed by atoms with Crippen molar-refractivity contribution in [2.45, 2.75) is 49.8 Å². The van der Waals surface area contributed by atoms with E-state index in [4.69, 9.17) is 4.74 Å². The van der Waals surface area contributed by atoms with E-state index >= 15 is 0 Å². The number of rotatable bonds is 4. The van der Waals surface area contributed by atoms with Crippen molar-refractivity contribution in [3.05, 3.63) is 59.2 Å². The van der Waals surface area contributed by atoms with Crippen LogP contribution in [0, 0.1) is 17.8 Å². The summed E-state index contributed by atoms with van der Waals surface area (Å²) in [5.41, 5.74) is 11.0. The van der Waals surface area contributed by atoms with Gasteiger partial charge < -0.3 is 15.2 Å². The summed E-state index contributed by atoms with van der Waals surface area (Å²) < 4.78 is 5.43. The molecule has 4 N–H and O–H groups in total. The summed E-state index contributed by atoms with van der Waals surface area (Å²) in [5, 5.41) is 12.6. The van der Waals surface area contributed by atoms with E-state index in [2.05, 4.69) is 34.4 Å². The topological polar surface area (TPSA) is 82.6 Å². The van der Waals surface area contributed by atoms with E-state index in [1.807, 2.05) is 24.3 Å². The summed E-state index contributed by atoms with van der Waals surface area (Å²) >= 11 is 0. The molecule has 6 nitrogen and oxygen atoms in total. The molecule has 6 atom stereocenters. The Balaban J connectivity index is 1.20. The third-order valence-electron chi connectivity index (χ3n) is 8.23. The van der Waals surface area contributed by atoms with Gasteiger partial charge in [0.15, 0.2) is 0 Å². The van der Waals surface area contributed by atoms with Gasteiger partial charge in [0, 0.05) is 11.7 Å². The first-order valence-electron chi connectivity index (χ1n) is 11.3. The van der Waals surface area contributed by atoms with Crippen LogP contribution in [0.5, 0.6) is 5.75 Å². The molecule has 1 amide bonds. The monoisotopic (exact) mass is 419 g/mol. The number of carbonyl (C=O) groups is 1. The highest BCUT2D eigenvalue weighted by atomic mass is 16.5. The fraction of sp³-hybridized carbons (Fsp3) is 0.480. The fourth-order valence-electron chi connectivity index (χ4n) is 6.59. The van der Waals surface area contributed by atoms with E-state index in [-0.39, 0.29) is 24.0 Å². The van der Waals surface area contributed by atoms with Crippen LogP contribution in [0.2, 0.25) is 0 Å². The van der Waals surface area contributed by atoms with Crippen molar-refractivity contribution < 1.29 is 14.6 Å². The average molecular weight is 420 g/mol. The van der Waals surface area contributed by atoms with Gasteiger partial charge in [0.2, 0.25) is 5.91 Å². The minimum absolute atomic E-state index is 0.0717. The number of hydrogen-bond donors (Lipinski definition) is 4. The van der Waals surface area contributed by atoms with Crippen LogP contribution < -0.4 is 20.9 Å². The first kappa shape index (κ1) is 19.3. The second-order valence-corrected chi connectivity index (χ2v) is 9.66. The first-order valence-corrected chi connectivity index (χ1v) is 11.3. The molecule has 0 aromatic heterocycles. The zero-order valence-corrected chi connectivity index (χ0v) is 17.7. The van der Waals surface area contributed by atoms with Crippen molar-refractivity contribution >= 4 is 11.6 Å². The standard InChI is InChI=1S/C25H29N3O3/c1-31-17-6-8-21-19(11-17)25(24(30)26-21)12-20(25)15-5-7-18-22(10-15)27-28-23(18)16-4-2-3-14(9-16)13-29/h2-4,6,8-9,11,15,18,20,22-23,27-29H,5,7,10,12-13H2,1H3,(H,26,30)/t15?,18?,20?,22?,23?,25-/m0/s1. The Bertz CT molecular complexity index is 1040. The van der Waals surface area contributed by atoms with Crippen molar-refractivity contribution in [1.82, 2.24) is 10.9 Å². The maximum Gasteiger partial charge on any atom is 0.235 e. The number of aliphatic hydroxyl groups is 1. The summed E-state index contributed by atoms with van der Waals surface area (Å²) in [7, 11) is 1.68. The van der Waals surface area contributed by atoms with Gasteiger partial charge in [-0.25, -0.2) is 5.43 Å². The lowest BCUT2D eigenvalue weighted by molar-refractivity contribution is -0.118. The van der Waals surface area contributed by atoms with Gasteiger partial charge in [0.25, 0.3) is 0 Å². The van der Waals surface area contributed by atoms with Crippen LogP contribution in [0.15, 0.2) is 42.5 Å². The lowest BCUT2D eigenvalue weighted by Crippen LogP contribution is -2.37. The van der Waals surface area contributed by atoms with Crippen molar-refractivity contribution in [2.24, 2.45) is 17.8 Å². The highest BCUT2D eigenvalue weighted by Gasteiger charge is 2.67. The van der Waals surface area contributed by atoms with Gasteiger partial charge in [0.1, 0.15) is 5.75 Å². The van der Waals surface area contributed by atoms with E-state index in [0.717, 1.165) is 48.2 Å². The van der Waals surface area contributed by atoms with Crippen molar-refractivity contribution in [3.8, 4) is 5.75 Å². The van der Waals surface area contributed by atoms with Crippen LogP contribution in [0.1, 0.15) is 48.4 Å². The van der Waals surface area contributed by atoms with Crippen LogP contribution in [-0.2, 0) is 16.8 Å². The Morgan fingerprint density at radius 2 is 2.06 bits per heavy atom. The van der Waals surface area contributed by atoms with Gasteiger partial charge in [-0.2, -0.15) is 0 Å². The summed E-state index contributed by atoms with van der Waals surface area (Å²) in [4.78, 5) is 13.0. The predicted octanol–water partition coefficient (Wildman–Crippen LogP) is 3.03. The summed E-state index contributed by atoms with van der Waals surface area (Å²) in [6.45, 7) is 0.0717. The van der Waals surface area contributed by atoms with E-state index < -0.39 is 0 Å². The second-order valence-electron chi connectivity index (χ2n) is 9.66. The van der Waals surface area contributed by atoms with Gasteiger partial charge in [-0.05, 0) is 78.3 Å². The number of fused-ring (bicyclic) bond motifs is 3. The molecule has 6 heteroatoms. The first-order chi connectivity index (χ1) is 15.1. The number of nitrogens with one attached hydrogen (secondary N) is 3. The molecule has 3 fully saturated rings. The molecule has 162 valence electrons. The average Bonchev–Trinajstić information content (AvgIpc) is 3.33. The molecular weight excluding hydrogens is 390 g/mol. The highest BCUT2D eigenvalue weighted by Crippen LogP contribution is 2.65. The maximum atomic E-state index is 13.0. The van der Waals surface area contributed by atoms with E-state index in [1.165, 1.54) is 5.56 Å². The number of carbonyl (C=O) groups excluding carboxylic acids is 1. The Morgan fingerprint density at radius 1 is 1.16 bits per heavy atom. The second kappa shape index (κ2) is 7.05. The van der Waals surface area contributed by atoms with Crippen LogP contribution in [0.3, 0.4) is 0 Å². The SMILES string of the molecule is COc1ccc2c(c1)[C@]1(CC1C1CCC3C(C1)NNC3c1cccc(CO)c1)C(=O)N2. The molecule has 1 saturated heterocycles.